The van der Waals surface area contributed by atoms with Gasteiger partial charge < -0.3 is 0 Å². The minimum Gasteiger partial charge on any atom is -0.258 e. The highest BCUT2D eigenvalue weighted by Gasteiger charge is 2.07. The van der Waals surface area contributed by atoms with Crippen LogP contribution in [0.15, 0.2) is 119 Å². The molecule has 0 heterocycles. The van der Waals surface area contributed by atoms with Gasteiger partial charge in [0.1, 0.15) is 11.6 Å². The highest BCUT2D eigenvalue weighted by Crippen LogP contribution is 2.20. The summed E-state index contributed by atoms with van der Waals surface area (Å²) in [5.41, 5.74) is 5.22. The van der Waals surface area contributed by atoms with Crippen LogP contribution in [0.1, 0.15) is 92.2 Å². The zero-order valence-corrected chi connectivity index (χ0v) is 29.4. The van der Waals surface area contributed by atoms with Gasteiger partial charge in [-0.15, -0.1) is 11.8 Å². The molecule has 0 saturated heterocycles. The van der Waals surface area contributed by atoms with E-state index in [1.165, 1.54) is 47.8 Å². The van der Waals surface area contributed by atoms with Crippen LogP contribution in [0.3, 0.4) is 0 Å². The first-order chi connectivity index (χ1) is 20.5. The van der Waals surface area contributed by atoms with Crippen LogP contribution in [0.4, 0.5) is 8.78 Å². The Morgan fingerprint density at radius 3 is 1.91 bits per heavy atom. The van der Waals surface area contributed by atoms with E-state index >= 15 is 0 Å². The molecular formula is C39H57F2NS. The van der Waals surface area contributed by atoms with Crippen molar-refractivity contribution in [3.05, 3.63) is 126 Å². The van der Waals surface area contributed by atoms with Gasteiger partial charge in [0.05, 0.1) is 5.70 Å². The summed E-state index contributed by atoms with van der Waals surface area (Å²) in [6, 6.07) is 15.5. The summed E-state index contributed by atoms with van der Waals surface area (Å²) in [4.78, 5) is 5.61. The van der Waals surface area contributed by atoms with Crippen molar-refractivity contribution in [3.8, 4) is 0 Å². The van der Waals surface area contributed by atoms with Crippen LogP contribution in [0, 0.1) is 18.7 Å². The van der Waals surface area contributed by atoms with Gasteiger partial charge in [-0.2, -0.15) is 0 Å². The molecule has 0 spiro atoms. The molecule has 2 rings (SSSR count). The van der Waals surface area contributed by atoms with E-state index in [0.29, 0.717) is 16.8 Å². The molecule has 1 nitrogen and oxygen atoms in total. The standard InChI is InChI=1S/C15H20FN.C14H21F.C8H10S.C2H6/c1-7-9-15(17-11(3)4)13(6)10-14(16)12(5)8-2;1-3-5-12(6-4-2)11-13-7-9-14(15)10-8-13;1-7-3-5-8(9-2)6-4-7;1-2/h7-10H,1,6H2,2-5H3;7-10,12H,3-6,11H2,1-2H3;3-6H,1-2H3;1-2H3/b12-8-,14-10+,15-9-;;;. The molecular weight excluding hydrogens is 552 g/mol. The Hall–Kier alpha value is -2.98. The number of allylic oxidation sites excluding steroid dienone is 6. The second kappa shape index (κ2) is 26.6. The first-order valence-corrected chi connectivity index (χ1v) is 16.6. The van der Waals surface area contributed by atoms with Crippen LogP contribution < -0.4 is 0 Å². The van der Waals surface area contributed by atoms with E-state index in [4.69, 9.17) is 0 Å². The predicted molar refractivity (Wildman–Crippen MR) is 193 cm³/mol. The minimum atomic E-state index is -0.295. The largest absolute Gasteiger partial charge is 0.258 e. The lowest BCUT2D eigenvalue weighted by molar-refractivity contribution is 0.438. The van der Waals surface area contributed by atoms with Crippen LogP contribution in [-0.4, -0.2) is 12.0 Å². The second-order valence-electron chi connectivity index (χ2n) is 10.1. The van der Waals surface area contributed by atoms with Gasteiger partial charge >= 0.3 is 0 Å². The van der Waals surface area contributed by atoms with Crippen LogP contribution in [0.5, 0.6) is 0 Å². The maximum Gasteiger partial charge on any atom is 0.126 e. The lowest BCUT2D eigenvalue weighted by Gasteiger charge is -2.14. The number of aliphatic imine (C=N–C) groups is 1. The lowest BCUT2D eigenvalue weighted by Crippen LogP contribution is -2.04. The molecule has 0 saturated carbocycles. The molecule has 0 atom stereocenters. The quantitative estimate of drug-likeness (QED) is 0.132. The number of nitrogens with zero attached hydrogens (tertiary/aromatic N) is 1. The van der Waals surface area contributed by atoms with E-state index in [2.05, 4.69) is 69.4 Å². The third-order valence-electron chi connectivity index (χ3n) is 6.15. The molecule has 0 aliphatic heterocycles. The van der Waals surface area contributed by atoms with Gasteiger partial charge in [-0.1, -0.05) is 109 Å². The summed E-state index contributed by atoms with van der Waals surface area (Å²) in [6.07, 6.45) is 14.7. The number of thioether (sulfide) groups is 1. The summed E-state index contributed by atoms with van der Waals surface area (Å²) in [6.45, 7) is 25.2. The molecule has 0 unspecified atom stereocenters. The summed E-state index contributed by atoms with van der Waals surface area (Å²) in [7, 11) is 0. The van der Waals surface area contributed by atoms with Gasteiger partial charge in [-0.25, -0.2) is 8.78 Å². The van der Waals surface area contributed by atoms with Crippen LogP contribution in [0.25, 0.3) is 0 Å². The van der Waals surface area contributed by atoms with Gasteiger partial charge in [-0.3, -0.25) is 4.99 Å². The Bertz CT molecular complexity index is 1140. The molecule has 0 aliphatic carbocycles. The first-order valence-electron chi connectivity index (χ1n) is 15.4. The van der Waals surface area contributed by atoms with Crippen molar-refractivity contribution in [2.24, 2.45) is 10.9 Å². The van der Waals surface area contributed by atoms with Crippen molar-refractivity contribution in [1.82, 2.24) is 0 Å². The van der Waals surface area contributed by atoms with E-state index in [1.54, 1.807) is 56.0 Å². The number of halogens is 2. The van der Waals surface area contributed by atoms with Gasteiger partial charge in [0.15, 0.2) is 0 Å². The molecule has 0 radical (unpaired) electrons. The maximum atomic E-state index is 13.6. The molecule has 0 N–H and O–H groups in total. The van der Waals surface area contributed by atoms with E-state index in [9.17, 15) is 8.78 Å². The van der Waals surface area contributed by atoms with Gasteiger partial charge in [0, 0.05) is 10.6 Å². The Labute approximate surface area is 267 Å². The first kappa shape index (κ1) is 42.2. The number of benzene rings is 2. The topological polar surface area (TPSA) is 12.4 Å². The second-order valence-corrected chi connectivity index (χ2v) is 11.0. The number of aryl methyl sites for hydroxylation is 1. The highest BCUT2D eigenvalue weighted by atomic mass is 32.2. The minimum absolute atomic E-state index is 0.138. The van der Waals surface area contributed by atoms with Crippen LogP contribution in [0.2, 0.25) is 0 Å². The Balaban J connectivity index is 0. The molecule has 2 aromatic rings. The van der Waals surface area contributed by atoms with Crippen molar-refractivity contribution in [2.75, 3.05) is 6.26 Å². The zero-order chi connectivity index (χ0) is 33.2. The van der Waals surface area contributed by atoms with Crippen molar-refractivity contribution in [3.63, 3.8) is 0 Å². The van der Waals surface area contributed by atoms with E-state index < -0.39 is 0 Å². The highest BCUT2D eigenvalue weighted by molar-refractivity contribution is 7.98. The van der Waals surface area contributed by atoms with Crippen molar-refractivity contribution < 1.29 is 8.78 Å². The Morgan fingerprint density at radius 2 is 1.49 bits per heavy atom. The summed E-state index contributed by atoms with van der Waals surface area (Å²) < 4.78 is 26.3. The summed E-state index contributed by atoms with van der Waals surface area (Å²) in [5.74, 6) is 0.336. The predicted octanol–water partition coefficient (Wildman–Crippen LogP) is 13.2. The Kier molecular flexibility index (Phi) is 26.1. The smallest absolute Gasteiger partial charge is 0.126 e. The molecule has 0 amide bonds. The van der Waals surface area contributed by atoms with E-state index in [-0.39, 0.29) is 11.6 Å². The lowest BCUT2D eigenvalue weighted by atomic mass is 9.91. The third-order valence-corrected chi connectivity index (χ3v) is 6.89. The fourth-order valence-electron chi connectivity index (χ4n) is 3.84. The number of hydrogen-bond donors (Lipinski definition) is 0. The van der Waals surface area contributed by atoms with Crippen molar-refractivity contribution in [2.45, 2.75) is 99.3 Å². The maximum absolute atomic E-state index is 13.6. The molecule has 0 aliphatic rings. The molecule has 0 fully saturated rings. The van der Waals surface area contributed by atoms with Crippen LogP contribution in [-0.2, 0) is 6.42 Å². The zero-order valence-electron chi connectivity index (χ0n) is 28.6. The summed E-state index contributed by atoms with van der Waals surface area (Å²) >= 11 is 1.78. The molecule has 0 bridgehead atoms. The molecule has 43 heavy (non-hydrogen) atoms. The SMILES string of the molecule is C=C/C=C(\N=C(C)C)C(=C)/C=C(F)\C(C)=C/C.CC.CCCC(CCC)Cc1ccc(F)cc1.CSc1ccc(C)cc1. The Morgan fingerprint density at radius 1 is 0.953 bits per heavy atom. The number of rotatable bonds is 12. The van der Waals surface area contributed by atoms with Crippen molar-refractivity contribution >= 4 is 17.5 Å². The molecule has 0 aromatic heterocycles. The van der Waals surface area contributed by atoms with Gasteiger partial charge in [0.25, 0.3) is 0 Å². The molecule has 2 aromatic carbocycles. The average molecular weight is 610 g/mol. The van der Waals surface area contributed by atoms with E-state index in [1.807, 2.05) is 39.8 Å². The monoisotopic (exact) mass is 609 g/mol. The fourth-order valence-corrected chi connectivity index (χ4v) is 4.25. The summed E-state index contributed by atoms with van der Waals surface area (Å²) in [5, 5.41) is 0. The van der Waals surface area contributed by atoms with Crippen molar-refractivity contribution in [1.29, 1.82) is 0 Å². The fraction of sp³-hybridized carbons (Fsp3) is 0.410. The molecule has 4 heteroatoms. The normalized spacial score (nSPS) is 11.2. The molecule has 238 valence electrons. The van der Waals surface area contributed by atoms with Gasteiger partial charge in [0.2, 0.25) is 0 Å². The third kappa shape index (κ3) is 21.4. The van der Waals surface area contributed by atoms with E-state index in [0.717, 1.165) is 18.1 Å². The van der Waals surface area contributed by atoms with Gasteiger partial charge in [-0.05, 0) is 106 Å². The number of hydrogen-bond acceptors (Lipinski definition) is 2. The average Bonchev–Trinajstić information content (AvgIpc) is 2.99. The van der Waals surface area contributed by atoms with Crippen LogP contribution >= 0.6 is 11.8 Å².